The van der Waals surface area contributed by atoms with Crippen LogP contribution in [-0.2, 0) is 6.54 Å². The number of hydrogen-bond acceptors (Lipinski definition) is 5. The van der Waals surface area contributed by atoms with Gasteiger partial charge in [0.1, 0.15) is 0 Å². The lowest BCUT2D eigenvalue weighted by Gasteiger charge is -2.37. The van der Waals surface area contributed by atoms with E-state index in [1.54, 1.807) is 11.3 Å². The van der Waals surface area contributed by atoms with Gasteiger partial charge in [0.2, 0.25) is 0 Å². The molecule has 1 aliphatic rings. The molecule has 2 heterocycles. The minimum Gasteiger partial charge on any atom is -0.357 e. The van der Waals surface area contributed by atoms with Gasteiger partial charge in [0.05, 0.1) is 20.3 Å². The van der Waals surface area contributed by atoms with E-state index in [0.29, 0.717) is 22.0 Å². The van der Waals surface area contributed by atoms with Crippen molar-refractivity contribution >= 4 is 49.9 Å². The summed E-state index contributed by atoms with van der Waals surface area (Å²) in [6, 6.07) is 14.6. The molecule has 0 spiro atoms. The van der Waals surface area contributed by atoms with Crippen LogP contribution < -0.4 is 5.32 Å². The fourth-order valence-corrected chi connectivity index (χ4v) is 5.07. The summed E-state index contributed by atoms with van der Waals surface area (Å²) in [4.78, 5) is 9.81. The predicted octanol–water partition coefficient (Wildman–Crippen LogP) is 5.86. The van der Waals surface area contributed by atoms with E-state index in [2.05, 4.69) is 53.2 Å². The minimum atomic E-state index is 0.382. The Morgan fingerprint density at radius 1 is 1.00 bits per heavy atom. The predicted molar refractivity (Wildman–Crippen MR) is 130 cm³/mol. The summed E-state index contributed by atoms with van der Waals surface area (Å²) in [5, 5.41) is 5.97. The molecule has 160 valence electrons. The van der Waals surface area contributed by atoms with Crippen molar-refractivity contribution < 1.29 is 0 Å². The molecule has 1 unspecified atom stereocenters. The molecule has 1 atom stereocenters. The molecule has 1 fully saturated rings. The summed E-state index contributed by atoms with van der Waals surface area (Å²) in [5.41, 5.74) is 2.29. The van der Waals surface area contributed by atoms with Crippen LogP contribution in [0.15, 0.2) is 42.5 Å². The monoisotopic (exact) mass is 462 g/mol. The van der Waals surface area contributed by atoms with Crippen molar-refractivity contribution in [1.82, 2.24) is 14.8 Å². The number of benzene rings is 2. The maximum Gasteiger partial charge on any atom is 0.184 e. The Morgan fingerprint density at radius 2 is 1.73 bits per heavy atom. The minimum absolute atomic E-state index is 0.382. The second-order valence-electron chi connectivity index (χ2n) is 8.31. The SMILES string of the molecule is CC(C)C(CN1CCN(Cc2ccc(Cl)c(Cl)c2)CC1)Nc1nc2ccccc2s1. The lowest BCUT2D eigenvalue weighted by Crippen LogP contribution is -2.50. The summed E-state index contributed by atoms with van der Waals surface area (Å²) >= 11 is 13.9. The van der Waals surface area contributed by atoms with Gasteiger partial charge in [-0.05, 0) is 35.7 Å². The van der Waals surface area contributed by atoms with E-state index >= 15 is 0 Å². The molecule has 7 heteroatoms. The van der Waals surface area contributed by atoms with E-state index in [0.717, 1.165) is 49.9 Å². The molecule has 2 aromatic carbocycles. The quantitative estimate of drug-likeness (QED) is 0.476. The number of fused-ring (bicyclic) bond motifs is 1. The zero-order valence-electron chi connectivity index (χ0n) is 17.4. The third kappa shape index (κ3) is 5.45. The standard InChI is InChI=1S/C23H28Cl2N4S/c1-16(2)21(27-23-26-20-5-3-4-6-22(20)30-23)15-29-11-9-28(10-12-29)14-17-7-8-18(24)19(25)13-17/h3-8,13,16,21H,9-12,14-15H2,1-2H3,(H,26,27). The average Bonchev–Trinajstić information content (AvgIpc) is 3.14. The maximum absolute atomic E-state index is 6.16. The van der Waals surface area contributed by atoms with Crippen LogP contribution in [0, 0.1) is 5.92 Å². The van der Waals surface area contributed by atoms with Gasteiger partial charge in [0.25, 0.3) is 0 Å². The van der Waals surface area contributed by atoms with Crippen molar-refractivity contribution in [3.63, 3.8) is 0 Å². The number of hydrogen-bond donors (Lipinski definition) is 1. The highest BCUT2D eigenvalue weighted by atomic mass is 35.5. The molecule has 0 aliphatic carbocycles. The van der Waals surface area contributed by atoms with E-state index in [4.69, 9.17) is 28.2 Å². The van der Waals surface area contributed by atoms with Gasteiger partial charge in [-0.1, -0.05) is 66.6 Å². The number of piperazine rings is 1. The summed E-state index contributed by atoms with van der Waals surface area (Å²) in [7, 11) is 0. The Balaban J connectivity index is 1.31. The number of halogens is 2. The lowest BCUT2D eigenvalue weighted by molar-refractivity contribution is 0.119. The van der Waals surface area contributed by atoms with Crippen LogP contribution in [0.25, 0.3) is 10.2 Å². The first-order valence-electron chi connectivity index (χ1n) is 10.5. The fourth-order valence-electron chi connectivity index (χ4n) is 3.82. The normalized spacial score (nSPS) is 17.0. The number of nitrogens with zero attached hydrogens (tertiary/aromatic N) is 3. The van der Waals surface area contributed by atoms with Gasteiger partial charge >= 0.3 is 0 Å². The highest BCUT2D eigenvalue weighted by molar-refractivity contribution is 7.22. The van der Waals surface area contributed by atoms with Gasteiger partial charge in [0, 0.05) is 45.3 Å². The lowest BCUT2D eigenvalue weighted by atomic mass is 10.0. The zero-order valence-corrected chi connectivity index (χ0v) is 19.8. The Kier molecular flexibility index (Phi) is 7.16. The van der Waals surface area contributed by atoms with Crippen LogP contribution in [0.3, 0.4) is 0 Å². The molecule has 4 nitrogen and oxygen atoms in total. The molecule has 4 rings (SSSR count). The van der Waals surface area contributed by atoms with Gasteiger partial charge in [-0.25, -0.2) is 4.98 Å². The van der Waals surface area contributed by atoms with Crippen LogP contribution in [-0.4, -0.2) is 53.5 Å². The highest BCUT2D eigenvalue weighted by Crippen LogP contribution is 2.27. The first kappa shape index (κ1) is 21.8. The molecule has 0 amide bonds. The van der Waals surface area contributed by atoms with E-state index in [-0.39, 0.29) is 0 Å². The van der Waals surface area contributed by atoms with Crippen LogP contribution in [0.5, 0.6) is 0 Å². The topological polar surface area (TPSA) is 31.4 Å². The summed E-state index contributed by atoms with van der Waals surface area (Å²) in [6.07, 6.45) is 0. The molecule has 0 radical (unpaired) electrons. The second kappa shape index (κ2) is 9.84. The summed E-state index contributed by atoms with van der Waals surface area (Å²) in [5.74, 6) is 0.534. The smallest absolute Gasteiger partial charge is 0.184 e. The van der Waals surface area contributed by atoms with E-state index in [1.807, 2.05) is 18.2 Å². The van der Waals surface area contributed by atoms with Crippen LogP contribution >= 0.6 is 34.5 Å². The zero-order chi connectivity index (χ0) is 21.1. The molecule has 3 aromatic rings. The molecule has 1 saturated heterocycles. The number of thiazole rings is 1. The van der Waals surface area contributed by atoms with Crippen molar-refractivity contribution in [3.05, 3.63) is 58.1 Å². The van der Waals surface area contributed by atoms with Gasteiger partial charge < -0.3 is 5.32 Å². The molecule has 1 aromatic heterocycles. The third-order valence-electron chi connectivity index (χ3n) is 5.72. The Bertz CT molecular complexity index is 949. The van der Waals surface area contributed by atoms with Crippen molar-refractivity contribution in [3.8, 4) is 0 Å². The molecule has 1 aliphatic heterocycles. The summed E-state index contributed by atoms with van der Waals surface area (Å²) < 4.78 is 1.23. The maximum atomic E-state index is 6.16. The van der Waals surface area contributed by atoms with E-state index in [1.165, 1.54) is 10.3 Å². The highest BCUT2D eigenvalue weighted by Gasteiger charge is 2.23. The van der Waals surface area contributed by atoms with Gasteiger partial charge in [-0.15, -0.1) is 0 Å². The number of rotatable bonds is 7. The Morgan fingerprint density at radius 3 is 2.43 bits per heavy atom. The average molecular weight is 463 g/mol. The van der Waals surface area contributed by atoms with Crippen molar-refractivity contribution in [1.29, 1.82) is 0 Å². The van der Waals surface area contributed by atoms with Gasteiger partial charge in [-0.2, -0.15) is 0 Å². The number of aromatic nitrogens is 1. The van der Waals surface area contributed by atoms with Crippen molar-refractivity contribution in [2.45, 2.75) is 26.4 Å². The summed E-state index contributed by atoms with van der Waals surface area (Å²) in [6.45, 7) is 10.8. The van der Waals surface area contributed by atoms with Gasteiger partial charge in [0.15, 0.2) is 5.13 Å². The fraction of sp³-hybridized carbons (Fsp3) is 0.435. The number of anilines is 1. The first-order chi connectivity index (χ1) is 14.5. The van der Waals surface area contributed by atoms with Crippen molar-refractivity contribution in [2.75, 3.05) is 38.0 Å². The molecular weight excluding hydrogens is 435 g/mol. The number of para-hydroxylation sites is 1. The molecular formula is C23H28Cl2N4S. The molecule has 0 saturated carbocycles. The largest absolute Gasteiger partial charge is 0.357 e. The molecule has 0 bridgehead atoms. The third-order valence-corrected chi connectivity index (χ3v) is 7.42. The van der Waals surface area contributed by atoms with Gasteiger partial charge in [-0.3, -0.25) is 9.80 Å². The Hall–Kier alpha value is -1.37. The van der Waals surface area contributed by atoms with Crippen LogP contribution in [0.2, 0.25) is 10.0 Å². The second-order valence-corrected chi connectivity index (χ2v) is 10.2. The first-order valence-corrected chi connectivity index (χ1v) is 12.1. The molecule has 30 heavy (non-hydrogen) atoms. The van der Waals surface area contributed by atoms with Crippen LogP contribution in [0.4, 0.5) is 5.13 Å². The Labute approximate surface area is 192 Å². The number of nitrogens with one attached hydrogen (secondary N) is 1. The van der Waals surface area contributed by atoms with E-state index < -0.39 is 0 Å². The van der Waals surface area contributed by atoms with E-state index in [9.17, 15) is 0 Å². The van der Waals surface area contributed by atoms with Crippen LogP contribution in [0.1, 0.15) is 19.4 Å². The molecule has 1 N–H and O–H groups in total. The van der Waals surface area contributed by atoms with Crippen molar-refractivity contribution in [2.24, 2.45) is 5.92 Å².